The second-order valence-corrected chi connectivity index (χ2v) is 4.91. The number of ether oxygens (including phenoxy) is 1. The Morgan fingerprint density at radius 2 is 1.77 bits per heavy atom. The largest absolute Gasteiger partial charge is 0.495 e. The first-order valence-corrected chi connectivity index (χ1v) is 6.69. The Kier molecular flexibility index (Phi) is 3.29. The van der Waals surface area contributed by atoms with E-state index in [1.54, 1.807) is 24.3 Å². The Bertz CT molecular complexity index is 938. The fourth-order valence-electron chi connectivity index (χ4n) is 2.48. The standard InChI is InChI=1S/C18H12N2O2/c1-11-15-7-14(10-20)16(21-2)8-17(15)22-18(11)13-5-3-12(9-19)4-6-13/h3-8H,1-2H3. The van der Waals surface area contributed by atoms with Crippen LogP contribution in [0.5, 0.6) is 5.75 Å². The highest BCUT2D eigenvalue weighted by molar-refractivity contribution is 5.90. The van der Waals surface area contributed by atoms with Crippen LogP contribution in [0.1, 0.15) is 16.7 Å². The highest BCUT2D eigenvalue weighted by atomic mass is 16.5. The molecule has 3 aromatic rings. The maximum atomic E-state index is 9.19. The Morgan fingerprint density at radius 3 is 2.36 bits per heavy atom. The number of furan rings is 1. The van der Waals surface area contributed by atoms with E-state index >= 15 is 0 Å². The van der Waals surface area contributed by atoms with Gasteiger partial charge < -0.3 is 9.15 Å². The van der Waals surface area contributed by atoms with Crippen molar-refractivity contribution in [1.82, 2.24) is 0 Å². The van der Waals surface area contributed by atoms with Gasteiger partial charge in [0.1, 0.15) is 23.2 Å². The van der Waals surface area contributed by atoms with Crippen LogP contribution in [0, 0.1) is 29.6 Å². The minimum absolute atomic E-state index is 0.477. The number of benzene rings is 2. The molecule has 0 aliphatic rings. The van der Waals surface area contributed by atoms with E-state index in [1.807, 2.05) is 19.1 Å². The van der Waals surface area contributed by atoms with Crippen molar-refractivity contribution in [3.05, 3.63) is 53.1 Å². The molecule has 0 aliphatic carbocycles. The van der Waals surface area contributed by atoms with Crippen molar-refractivity contribution >= 4 is 11.0 Å². The summed E-state index contributed by atoms with van der Waals surface area (Å²) in [5.41, 5.74) is 3.60. The molecular weight excluding hydrogens is 276 g/mol. The van der Waals surface area contributed by atoms with Crippen molar-refractivity contribution in [2.24, 2.45) is 0 Å². The van der Waals surface area contributed by atoms with E-state index in [1.165, 1.54) is 7.11 Å². The summed E-state index contributed by atoms with van der Waals surface area (Å²) < 4.78 is 11.1. The molecule has 0 aliphatic heterocycles. The smallest absolute Gasteiger partial charge is 0.140 e. The SMILES string of the molecule is COc1cc2oc(-c3ccc(C#N)cc3)c(C)c2cc1C#N. The lowest BCUT2D eigenvalue weighted by molar-refractivity contribution is 0.413. The van der Waals surface area contributed by atoms with Gasteiger partial charge in [0.05, 0.1) is 24.3 Å². The lowest BCUT2D eigenvalue weighted by atomic mass is 10.0. The molecule has 0 amide bonds. The maximum absolute atomic E-state index is 9.19. The van der Waals surface area contributed by atoms with Gasteiger partial charge in [-0.15, -0.1) is 0 Å². The second-order valence-electron chi connectivity index (χ2n) is 4.91. The molecule has 0 unspecified atom stereocenters. The van der Waals surface area contributed by atoms with Gasteiger partial charge in [0.15, 0.2) is 0 Å². The van der Waals surface area contributed by atoms with Crippen LogP contribution in [0.3, 0.4) is 0 Å². The fraction of sp³-hybridized carbons (Fsp3) is 0.111. The van der Waals surface area contributed by atoms with Gasteiger partial charge in [-0.25, -0.2) is 0 Å². The fourth-order valence-corrected chi connectivity index (χ4v) is 2.48. The van der Waals surface area contributed by atoms with Crippen LogP contribution in [-0.2, 0) is 0 Å². The second kappa shape index (κ2) is 5.27. The van der Waals surface area contributed by atoms with E-state index in [2.05, 4.69) is 12.1 Å². The third-order valence-electron chi connectivity index (χ3n) is 3.65. The summed E-state index contributed by atoms with van der Waals surface area (Å²) >= 11 is 0. The topological polar surface area (TPSA) is 69.9 Å². The first-order chi connectivity index (χ1) is 10.7. The van der Waals surface area contributed by atoms with E-state index in [4.69, 9.17) is 14.4 Å². The molecule has 0 radical (unpaired) electrons. The number of rotatable bonds is 2. The molecule has 0 spiro atoms. The Balaban J connectivity index is 2.21. The van der Waals surface area contributed by atoms with Crippen molar-refractivity contribution in [3.8, 4) is 29.2 Å². The molecule has 0 bridgehead atoms. The summed E-state index contributed by atoms with van der Waals surface area (Å²) in [4.78, 5) is 0. The monoisotopic (exact) mass is 288 g/mol. The van der Waals surface area contributed by atoms with Crippen LogP contribution in [-0.4, -0.2) is 7.11 Å². The zero-order valence-corrected chi connectivity index (χ0v) is 12.2. The Morgan fingerprint density at radius 1 is 1.05 bits per heavy atom. The van der Waals surface area contributed by atoms with Crippen molar-refractivity contribution in [2.45, 2.75) is 6.92 Å². The minimum Gasteiger partial charge on any atom is -0.495 e. The highest BCUT2D eigenvalue weighted by Crippen LogP contribution is 2.36. The molecular formula is C18H12N2O2. The van der Waals surface area contributed by atoms with Gasteiger partial charge in [0, 0.05) is 22.6 Å². The van der Waals surface area contributed by atoms with Crippen LogP contribution in [0.4, 0.5) is 0 Å². The molecule has 3 rings (SSSR count). The van der Waals surface area contributed by atoms with Crippen molar-refractivity contribution < 1.29 is 9.15 Å². The number of hydrogen-bond acceptors (Lipinski definition) is 4. The van der Waals surface area contributed by atoms with Gasteiger partial charge >= 0.3 is 0 Å². The van der Waals surface area contributed by atoms with E-state index < -0.39 is 0 Å². The number of fused-ring (bicyclic) bond motifs is 1. The molecule has 4 nitrogen and oxygen atoms in total. The zero-order chi connectivity index (χ0) is 15.7. The van der Waals surface area contributed by atoms with Crippen LogP contribution >= 0.6 is 0 Å². The number of hydrogen-bond donors (Lipinski definition) is 0. The first kappa shape index (κ1) is 13.7. The number of nitriles is 2. The van der Waals surface area contributed by atoms with Gasteiger partial charge in [-0.2, -0.15) is 10.5 Å². The predicted octanol–water partition coefficient (Wildman–Crippen LogP) is 4.16. The van der Waals surface area contributed by atoms with Crippen LogP contribution in [0.25, 0.3) is 22.3 Å². The van der Waals surface area contributed by atoms with Crippen LogP contribution < -0.4 is 4.74 Å². The Labute approximate surface area is 127 Å². The average molecular weight is 288 g/mol. The lowest BCUT2D eigenvalue weighted by Crippen LogP contribution is -1.87. The number of methoxy groups -OCH3 is 1. The summed E-state index contributed by atoms with van der Waals surface area (Å²) in [6, 6.07) is 14.9. The zero-order valence-electron chi connectivity index (χ0n) is 12.2. The quantitative estimate of drug-likeness (QED) is 0.710. The molecule has 0 saturated carbocycles. The highest BCUT2D eigenvalue weighted by Gasteiger charge is 2.15. The molecule has 4 heteroatoms. The van der Waals surface area contributed by atoms with Crippen molar-refractivity contribution in [2.75, 3.05) is 7.11 Å². The van der Waals surface area contributed by atoms with Crippen molar-refractivity contribution in [1.29, 1.82) is 10.5 Å². The minimum atomic E-state index is 0.477. The van der Waals surface area contributed by atoms with Gasteiger partial charge in [-0.05, 0) is 37.3 Å². The summed E-state index contributed by atoms with van der Waals surface area (Å²) in [6.45, 7) is 1.95. The predicted molar refractivity (Wildman–Crippen MR) is 82.4 cm³/mol. The third-order valence-corrected chi connectivity index (χ3v) is 3.65. The van der Waals surface area contributed by atoms with E-state index in [0.717, 1.165) is 22.3 Å². The van der Waals surface area contributed by atoms with Crippen LogP contribution in [0.15, 0.2) is 40.8 Å². The summed E-state index contributed by atoms with van der Waals surface area (Å²) in [6.07, 6.45) is 0. The van der Waals surface area contributed by atoms with E-state index in [9.17, 15) is 5.26 Å². The number of nitrogens with zero attached hydrogens (tertiary/aromatic N) is 2. The molecule has 1 heterocycles. The molecule has 106 valence electrons. The molecule has 0 fully saturated rings. The summed E-state index contributed by atoms with van der Waals surface area (Å²) in [5, 5.41) is 18.9. The first-order valence-electron chi connectivity index (χ1n) is 6.69. The molecule has 0 N–H and O–H groups in total. The van der Waals surface area contributed by atoms with E-state index in [0.29, 0.717) is 22.5 Å². The summed E-state index contributed by atoms with van der Waals surface area (Å²) in [5.74, 6) is 1.23. The average Bonchev–Trinajstić information content (AvgIpc) is 2.89. The molecule has 2 aromatic carbocycles. The van der Waals surface area contributed by atoms with E-state index in [-0.39, 0.29) is 0 Å². The normalized spacial score (nSPS) is 10.2. The molecule has 0 saturated heterocycles. The van der Waals surface area contributed by atoms with Gasteiger partial charge in [0.25, 0.3) is 0 Å². The lowest BCUT2D eigenvalue weighted by Gasteiger charge is -2.01. The molecule has 22 heavy (non-hydrogen) atoms. The summed E-state index contributed by atoms with van der Waals surface area (Å²) in [7, 11) is 1.53. The van der Waals surface area contributed by atoms with Gasteiger partial charge in [0.2, 0.25) is 0 Å². The molecule has 0 atom stereocenters. The van der Waals surface area contributed by atoms with Crippen molar-refractivity contribution in [3.63, 3.8) is 0 Å². The van der Waals surface area contributed by atoms with Gasteiger partial charge in [-0.1, -0.05) is 0 Å². The Hall–Kier alpha value is -3.24. The number of aryl methyl sites for hydroxylation is 1. The molecule has 1 aromatic heterocycles. The van der Waals surface area contributed by atoms with Gasteiger partial charge in [-0.3, -0.25) is 0 Å². The van der Waals surface area contributed by atoms with Crippen LogP contribution in [0.2, 0.25) is 0 Å². The maximum Gasteiger partial charge on any atom is 0.140 e. The third kappa shape index (κ3) is 2.08.